The number of ether oxygens (including phenoxy) is 1. The highest BCUT2D eigenvalue weighted by molar-refractivity contribution is 5.81. The van der Waals surface area contributed by atoms with Crippen molar-refractivity contribution < 1.29 is 14.9 Å². The van der Waals surface area contributed by atoms with Crippen LogP contribution in [0.25, 0.3) is 11.1 Å². The Morgan fingerprint density at radius 3 is 2.75 bits per heavy atom. The van der Waals surface area contributed by atoms with E-state index in [1.54, 1.807) is 0 Å². The molecule has 2 aromatic carbocycles. The Labute approximate surface area is 116 Å². The maximum atomic E-state index is 10.3. The molecular weight excluding hydrogens is 252 g/mol. The van der Waals surface area contributed by atoms with E-state index in [2.05, 4.69) is 24.3 Å². The summed E-state index contributed by atoms with van der Waals surface area (Å²) >= 11 is 0. The number of aliphatic hydroxyl groups excluding tert-OH is 2. The van der Waals surface area contributed by atoms with Crippen molar-refractivity contribution in [1.29, 1.82) is 0 Å². The van der Waals surface area contributed by atoms with E-state index in [1.165, 1.54) is 22.3 Å². The fourth-order valence-electron chi connectivity index (χ4n) is 3.81. The Bertz CT molecular complexity index is 737. The number of fused-ring (bicyclic) bond motifs is 7. The van der Waals surface area contributed by atoms with Crippen LogP contribution in [-0.4, -0.2) is 22.4 Å². The van der Waals surface area contributed by atoms with Crippen LogP contribution >= 0.6 is 0 Å². The van der Waals surface area contributed by atoms with E-state index in [4.69, 9.17) is 4.74 Å². The van der Waals surface area contributed by atoms with Gasteiger partial charge in [0.25, 0.3) is 0 Å². The van der Waals surface area contributed by atoms with Crippen molar-refractivity contribution in [2.24, 2.45) is 0 Å². The van der Waals surface area contributed by atoms with Crippen LogP contribution in [0.1, 0.15) is 34.5 Å². The highest BCUT2D eigenvalue weighted by Crippen LogP contribution is 2.56. The van der Waals surface area contributed by atoms with Crippen molar-refractivity contribution in [2.45, 2.75) is 30.8 Å². The van der Waals surface area contributed by atoms with Gasteiger partial charge in [0.05, 0.1) is 0 Å². The summed E-state index contributed by atoms with van der Waals surface area (Å²) in [6.45, 7) is 0. The number of rotatable bonds is 0. The van der Waals surface area contributed by atoms with E-state index >= 15 is 0 Å². The normalized spacial score (nSPS) is 32.1. The van der Waals surface area contributed by atoms with Crippen LogP contribution in [0.4, 0.5) is 0 Å². The van der Waals surface area contributed by atoms with Gasteiger partial charge in [-0.25, -0.2) is 0 Å². The Hall–Kier alpha value is -1.68. The standard InChI is InChI=1S/C17H14O3/c18-14-11-6-5-9-7-8-3-1-2-4-10(8)12(9)13(11)16-17(20-16)15(14)19/h1-6,14-19H,7H2/t14-,15+,16+,17-/m0/s1. The maximum absolute atomic E-state index is 10.3. The van der Waals surface area contributed by atoms with Gasteiger partial charge in [-0.15, -0.1) is 0 Å². The molecule has 0 aromatic heterocycles. The lowest BCUT2D eigenvalue weighted by Gasteiger charge is -2.25. The number of epoxide rings is 1. The molecule has 3 heteroatoms. The van der Waals surface area contributed by atoms with Crippen molar-refractivity contribution in [3.05, 3.63) is 58.7 Å². The highest BCUT2D eigenvalue weighted by Gasteiger charge is 2.55. The number of hydrogen-bond donors (Lipinski definition) is 2. The van der Waals surface area contributed by atoms with Crippen molar-refractivity contribution in [1.82, 2.24) is 0 Å². The zero-order valence-electron chi connectivity index (χ0n) is 10.8. The molecule has 5 rings (SSSR count). The van der Waals surface area contributed by atoms with Crippen LogP contribution in [0.5, 0.6) is 0 Å². The molecule has 1 aliphatic heterocycles. The fraction of sp³-hybridized carbons (Fsp3) is 0.294. The Balaban J connectivity index is 1.81. The molecule has 2 N–H and O–H groups in total. The van der Waals surface area contributed by atoms with Gasteiger partial charge in [-0.2, -0.15) is 0 Å². The monoisotopic (exact) mass is 266 g/mol. The van der Waals surface area contributed by atoms with Crippen LogP contribution in [-0.2, 0) is 11.2 Å². The molecule has 3 nitrogen and oxygen atoms in total. The lowest BCUT2D eigenvalue weighted by molar-refractivity contribution is 0.0000282. The highest BCUT2D eigenvalue weighted by atomic mass is 16.6. The molecule has 0 spiro atoms. The smallest absolute Gasteiger partial charge is 0.118 e. The minimum absolute atomic E-state index is 0.0514. The zero-order chi connectivity index (χ0) is 13.4. The number of benzene rings is 2. The lowest BCUT2D eigenvalue weighted by atomic mass is 9.82. The summed E-state index contributed by atoms with van der Waals surface area (Å²) in [5.41, 5.74) is 7.01. The molecule has 0 radical (unpaired) electrons. The van der Waals surface area contributed by atoms with Gasteiger partial charge in [0.1, 0.15) is 24.4 Å². The maximum Gasteiger partial charge on any atom is 0.118 e. The summed E-state index contributed by atoms with van der Waals surface area (Å²) in [5, 5.41) is 20.3. The summed E-state index contributed by atoms with van der Waals surface area (Å²) in [4.78, 5) is 0. The Kier molecular flexibility index (Phi) is 1.93. The second-order valence-electron chi connectivity index (χ2n) is 5.89. The van der Waals surface area contributed by atoms with E-state index in [-0.39, 0.29) is 12.2 Å². The fourth-order valence-corrected chi connectivity index (χ4v) is 3.81. The molecule has 1 saturated heterocycles. The van der Waals surface area contributed by atoms with Gasteiger partial charge in [0, 0.05) is 0 Å². The summed E-state index contributed by atoms with van der Waals surface area (Å²) in [6.07, 6.45) is -0.996. The van der Waals surface area contributed by atoms with Gasteiger partial charge in [0.15, 0.2) is 0 Å². The molecular formula is C17H14O3. The third-order valence-electron chi connectivity index (χ3n) is 4.82. The van der Waals surface area contributed by atoms with E-state index in [1.807, 2.05) is 12.1 Å². The second-order valence-corrected chi connectivity index (χ2v) is 5.89. The number of aliphatic hydroxyl groups is 2. The Morgan fingerprint density at radius 2 is 1.85 bits per heavy atom. The van der Waals surface area contributed by atoms with Gasteiger partial charge in [0.2, 0.25) is 0 Å². The van der Waals surface area contributed by atoms with Crippen molar-refractivity contribution in [3.8, 4) is 11.1 Å². The molecule has 0 amide bonds. The van der Waals surface area contributed by atoms with Gasteiger partial charge >= 0.3 is 0 Å². The first-order valence-corrected chi connectivity index (χ1v) is 7.01. The van der Waals surface area contributed by atoms with Crippen molar-refractivity contribution >= 4 is 0 Å². The SMILES string of the molecule is O[C@H]1[C@@H]2O[C@@H]2c2c(ccc3c2-c2ccccc2C3)[C@@H]1O. The predicted molar refractivity (Wildman–Crippen MR) is 73.3 cm³/mol. The quantitative estimate of drug-likeness (QED) is 0.613. The molecule has 0 bridgehead atoms. The molecule has 4 atom stereocenters. The zero-order valence-corrected chi connectivity index (χ0v) is 10.8. The predicted octanol–water partition coefficient (Wildman–Crippen LogP) is 2.11. The van der Waals surface area contributed by atoms with Gasteiger partial charge in [-0.05, 0) is 39.8 Å². The van der Waals surface area contributed by atoms with Crippen LogP contribution in [0.15, 0.2) is 36.4 Å². The van der Waals surface area contributed by atoms with Crippen molar-refractivity contribution in [2.75, 3.05) is 0 Å². The molecule has 100 valence electrons. The van der Waals surface area contributed by atoms with Crippen LogP contribution in [0, 0.1) is 0 Å². The van der Waals surface area contributed by atoms with Gasteiger partial charge in [-0.1, -0.05) is 36.4 Å². The number of hydrogen-bond acceptors (Lipinski definition) is 3. The topological polar surface area (TPSA) is 53.0 Å². The average Bonchev–Trinajstić information content (AvgIpc) is 3.18. The molecule has 2 aliphatic carbocycles. The molecule has 0 unspecified atom stereocenters. The molecule has 20 heavy (non-hydrogen) atoms. The minimum Gasteiger partial charge on any atom is -0.387 e. The summed E-state index contributed by atoms with van der Waals surface area (Å²) in [5.74, 6) is 0. The van der Waals surface area contributed by atoms with Gasteiger partial charge < -0.3 is 14.9 Å². The van der Waals surface area contributed by atoms with Gasteiger partial charge in [-0.3, -0.25) is 0 Å². The van der Waals surface area contributed by atoms with E-state index in [0.717, 1.165) is 17.5 Å². The van der Waals surface area contributed by atoms with Crippen molar-refractivity contribution in [3.63, 3.8) is 0 Å². The van der Waals surface area contributed by atoms with Crippen LogP contribution in [0.2, 0.25) is 0 Å². The largest absolute Gasteiger partial charge is 0.387 e. The molecule has 3 aliphatic rings. The lowest BCUT2D eigenvalue weighted by Crippen LogP contribution is -2.29. The minimum atomic E-state index is -0.841. The molecule has 1 fully saturated rings. The first kappa shape index (κ1) is 11.0. The van der Waals surface area contributed by atoms with Crippen LogP contribution < -0.4 is 0 Å². The second kappa shape index (κ2) is 3.50. The Morgan fingerprint density at radius 1 is 1.00 bits per heavy atom. The molecule has 2 aromatic rings. The summed E-state index contributed by atoms with van der Waals surface area (Å²) in [6, 6.07) is 12.4. The van der Waals surface area contributed by atoms with E-state index in [0.29, 0.717) is 0 Å². The average molecular weight is 266 g/mol. The van der Waals surface area contributed by atoms with E-state index < -0.39 is 12.2 Å². The van der Waals surface area contributed by atoms with E-state index in [9.17, 15) is 10.2 Å². The third-order valence-corrected chi connectivity index (χ3v) is 4.82. The first-order valence-electron chi connectivity index (χ1n) is 7.01. The molecule has 1 heterocycles. The summed E-state index contributed by atoms with van der Waals surface area (Å²) < 4.78 is 5.62. The first-order chi connectivity index (χ1) is 9.75. The molecule has 0 saturated carbocycles. The van der Waals surface area contributed by atoms with Crippen LogP contribution in [0.3, 0.4) is 0 Å². The third kappa shape index (κ3) is 1.21. The summed E-state index contributed by atoms with van der Waals surface area (Å²) in [7, 11) is 0.